The lowest BCUT2D eigenvalue weighted by Crippen LogP contribution is -2.33. The highest BCUT2D eigenvalue weighted by Gasteiger charge is 2.21. The molecule has 0 amide bonds. The summed E-state index contributed by atoms with van der Waals surface area (Å²) in [6.45, 7) is 5.94. The number of fused-ring (bicyclic) bond motifs is 1. The Kier molecular flexibility index (Phi) is 8.87. The number of ether oxygens (including phenoxy) is 1. The average molecular weight is 515 g/mol. The second-order valence-electron chi connectivity index (χ2n) is 10.9. The molecule has 0 radical (unpaired) electrons. The first-order chi connectivity index (χ1) is 18.6. The van der Waals surface area contributed by atoms with Crippen molar-refractivity contribution in [2.24, 2.45) is 5.92 Å². The van der Waals surface area contributed by atoms with Crippen LogP contribution in [0.25, 0.3) is 0 Å². The van der Waals surface area contributed by atoms with E-state index < -0.39 is 0 Å². The number of halogens is 1. The molecule has 3 aromatic rings. The molecule has 0 atom stereocenters. The first-order valence-corrected chi connectivity index (χ1v) is 14.0. The summed E-state index contributed by atoms with van der Waals surface area (Å²) in [6, 6.07) is 21.5. The molecule has 0 saturated carbocycles. The summed E-state index contributed by atoms with van der Waals surface area (Å²) >= 11 is 0. The molecule has 4 nitrogen and oxygen atoms in total. The molecule has 5 rings (SSSR count). The van der Waals surface area contributed by atoms with Crippen LogP contribution in [0.5, 0.6) is 5.75 Å². The summed E-state index contributed by atoms with van der Waals surface area (Å²) in [4.78, 5) is 18.0. The maximum atomic E-state index is 13.2. The lowest BCUT2D eigenvalue weighted by Gasteiger charge is -2.32. The zero-order valence-corrected chi connectivity index (χ0v) is 22.5. The highest BCUT2D eigenvalue weighted by molar-refractivity contribution is 5.96. The van der Waals surface area contributed by atoms with Crippen LogP contribution >= 0.6 is 0 Å². The molecule has 0 aromatic heterocycles. The summed E-state index contributed by atoms with van der Waals surface area (Å²) in [6.07, 6.45) is 5.88. The van der Waals surface area contributed by atoms with E-state index in [2.05, 4.69) is 34.1 Å². The van der Waals surface area contributed by atoms with Crippen LogP contribution < -0.4 is 4.74 Å². The van der Waals surface area contributed by atoms with Gasteiger partial charge in [-0.2, -0.15) is 0 Å². The first-order valence-electron chi connectivity index (χ1n) is 14.0. The van der Waals surface area contributed by atoms with E-state index in [-0.39, 0.29) is 11.6 Å². The van der Waals surface area contributed by atoms with Crippen molar-refractivity contribution in [1.82, 2.24) is 9.80 Å². The van der Waals surface area contributed by atoms with Gasteiger partial charge >= 0.3 is 0 Å². The van der Waals surface area contributed by atoms with Gasteiger partial charge < -0.3 is 4.74 Å². The maximum Gasteiger partial charge on any atom is 0.162 e. The number of nitrogens with zero attached hydrogens (tertiary/aromatic N) is 2. The Bertz CT molecular complexity index is 1200. The van der Waals surface area contributed by atoms with Crippen molar-refractivity contribution in [3.05, 3.63) is 100 Å². The third kappa shape index (κ3) is 7.09. The Morgan fingerprint density at radius 2 is 1.42 bits per heavy atom. The third-order valence-corrected chi connectivity index (χ3v) is 8.29. The molecule has 0 aliphatic carbocycles. The fourth-order valence-electron chi connectivity index (χ4n) is 5.85. The molecular weight excluding hydrogens is 475 g/mol. The zero-order valence-electron chi connectivity index (χ0n) is 22.5. The quantitative estimate of drug-likeness (QED) is 0.313. The van der Waals surface area contributed by atoms with Crippen molar-refractivity contribution < 1.29 is 13.9 Å². The van der Waals surface area contributed by atoms with Gasteiger partial charge in [0.15, 0.2) is 5.78 Å². The molecule has 2 heterocycles. The number of carbonyl (C=O) groups excluding carboxylic acids is 1. The molecule has 1 saturated heterocycles. The molecule has 0 N–H and O–H groups in total. The van der Waals surface area contributed by atoms with E-state index in [0.717, 1.165) is 88.2 Å². The fraction of sp³-hybridized carbons (Fsp3) is 0.424. The summed E-state index contributed by atoms with van der Waals surface area (Å²) in [5, 5.41) is 0. The Morgan fingerprint density at radius 3 is 2.08 bits per heavy atom. The van der Waals surface area contributed by atoms with Gasteiger partial charge in [0.05, 0.1) is 7.11 Å². The molecule has 3 aromatic carbocycles. The average Bonchev–Trinajstić information content (AvgIpc) is 3.16. The van der Waals surface area contributed by atoms with Gasteiger partial charge in [0, 0.05) is 38.2 Å². The monoisotopic (exact) mass is 514 g/mol. The number of methoxy groups -OCH3 is 1. The number of ketones is 1. The molecule has 0 spiro atoms. The summed E-state index contributed by atoms with van der Waals surface area (Å²) < 4.78 is 18.5. The van der Waals surface area contributed by atoms with Gasteiger partial charge in [-0.05, 0) is 104 Å². The van der Waals surface area contributed by atoms with E-state index in [0.29, 0.717) is 12.3 Å². The SMILES string of the molecule is COc1ccc(CN2CCC(CCC(=O)c3ccc4c(c3)CCN(Cc3ccc(F)cc3)CC4)CC2)cc1. The Balaban J connectivity index is 1.07. The van der Waals surface area contributed by atoms with E-state index in [9.17, 15) is 9.18 Å². The second-order valence-corrected chi connectivity index (χ2v) is 10.9. The maximum absolute atomic E-state index is 13.2. The molecule has 5 heteroatoms. The summed E-state index contributed by atoms with van der Waals surface area (Å²) in [7, 11) is 1.70. The minimum Gasteiger partial charge on any atom is -0.497 e. The van der Waals surface area contributed by atoms with Gasteiger partial charge in [-0.3, -0.25) is 14.6 Å². The smallest absolute Gasteiger partial charge is 0.162 e. The fourth-order valence-corrected chi connectivity index (χ4v) is 5.85. The summed E-state index contributed by atoms with van der Waals surface area (Å²) in [5.41, 5.74) is 5.99. The van der Waals surface area contributed by atoms with Gasteiger partial charge in [-0.1, -0.05) is 36.4 Å². The van der Waals surface area contributed by atoms with Gasteiger partial charge in [0.2, 0.25) is 0 Å². The van der Waals surface area contributed by atoms with Crippen molar-refractivity contribution in [2.45, 2.75) is 51.6 Å². The zero-order chi connectivity index (χ0) is 26.3. The minimum atomic E-state index is -0.190. The number of rotatable bonds is 9. The largest absolute Gasteiger partial charge is 0.497 e. The van der Waals surface area contributed by atoms with Crippen molar-refractivity contribution in [3.63, 3.8) is 0 Å². The van der Waals surface area contributed by atoms with Gasteiger partial charge in [-0.25, -0.2) is 4.39 Å². The van der Waals surface area contributed by atoms with Gasteiger partial charge in [0.25, 0.3) is 0 Å². The lowest BCUT2D eigenvalue weighted by molar-refractivity contribution is 0.0961. The van der Waals surface area contributed by atoms with Crippen LogP contribution in [0.15, 0.2) is 66.7 Å². The number of carbonyl (C=O) groups is 1. The Labute approximate surface area is 226 Å². The van der Waals surface area contributed by atoms with E-state index >= 15 is 0 Å². The normalized spacial score (nSPS) is 17.1. The number of likely N-dealkylation sites (tertiary alicyclic amines) is 1. The highest BCUT2D eigenvalue weighted by atomic mass is 19.1. The van der Waals surface area contributed by atoms with E-state index in [1.54, 1.807) is 7.11 Å². The molecule has 200 valence electrons. The van der Waals surface area contributed by atoms with Crippen molar-refractivity contribution >= 4 is 5.78 Å². The molecule has 38 heavy (non-hydrogen) atoms. The Hall–Kier alpha value is -3.02. The number of Topliss-reactive ketones (excluding diaryl/α,β-unsaturated/α-hetero) is 1. The third-order valence-electron chi connectivity index (χ3n) is 8.29. The summed E-state index contributed by atoms with van der Waals surface area (Å²) in [5.74, 6) is 1.62. The lowest BCUT2D eigenvalue weighted by atomic mass is 9.89. The predicted molar refractivity (Wildman–Crippen MR) is 150 cm³/mol. The number of piperidine rings is 1. The van der Waals surface area contributed by atoms with Crippen molar-refractivity contribution in [2.75, 3.05) is 33.3 Å². The van der Waals surface area contributed by atoms with E-state index in [4.69, 9.17) is 4.74 Å². The van der Waals surface area contributed by atoms with Crippen LogP contribution in [-0.2, 0) is 25.9 Å². The minimum absolute atomic E-state index is 0.190. The predicted octanol–water partition coefficient (Wildman–Crippen LogP) is 6.31. The molecule has 1 fully saturated rings. The second kappa shape index (κ2) is 12.7. The molecule has 2 aliphatic heterocycles. The number of hydrogen-bond acceptors (Lipinski definition) is 4. The van der Waals surface area contributed by atoms with E-state index in [1.807, 2.05) is 30.3 Å². The highest BCUT2D eigenvalue weighted by Crippen LogP contribution is 2.26. The topological polar surface area (TPSA) is 32.8 Å². The van der Waals surface area contributed by atoms with Gasteiger partial charge in [-0.15, -0.1) is 0 Å². The van der Waals surface area contributed by atoms with Crippen LogP contribution in [0, 0.1) is 11.7 Å². The van der Waals surface area contributed by atoms with Crippen molar-refractivity contribution in [3.8, 4) is 5.75 Å². The molecule has 0 bridgehead atoms. The van der Waals surface area contributed by atoms with Crippen LogP contribution in [0.2, 0.25) is 0 Å². The standard InChI is InChI=1S/C33H39FN2O2/c1-38-32-11-4-27(5-12-32)24-35-18-14-25(15-19-35)6-13-33(37)30-8-7-28-16-20-36(21-17-29(28)22-30)23-26-2-9-31(34)10-3-26/h2-5,7-12,22,25H,6,13-21,23-24H2,1H3. The molecule has 0 unspecified atom stereocenters. The van der Waals surface area contributed by atoms with Gasteiger partial charge in [0.1, 0.15) is 11.6 Å². The van der Waals surface area contributed by atoms with Crippen LogP contribution in [0.1, 0.15) is 58.3 Å². The van der Waals surface area contributed by atoms with Crippen LogP contribution in [0.4, 0.5) is 4.39 Å². The molecular formula is C33H39FN2O2. The first kappa shape index (κ1) is 26.6. The number of benzene rings is 3. The van der Waals surface area contributed by atoms with Crippen LogP contribution in [0.3, 0.4) is 0 Å². The Morgan fingerprint density at radius 1 is 0.816 bits per heavy atom. The molecule has 2 aliphatic rings. The number of hydrogen-bond donors (Lipinski definition) is 0. The van der Waals surface area contributed by atoms with E-state index in [1.165, 1.54) is 28.8 Å². The van der Waals surface area contributed by atoms with Crippen molar-refractivity contribution in [1.29, 1.82) is 0 Å². The van der Waals surface area contributed by atoms with Crippen LogP contribution in [-0.4, -0.2) is 48.9 Å².